The molecule has 1 aliphatic heterocycles. The number of β-lactam (4-membered cyclic amide) rings is 1. The number of benzene rings is 4. The number of nitro groups is 1. The Morgan fingerprint density at radius 3 is 1.74 bits per heavy atom. The van der Waals surface area contributed by atoms with Gasteiger partial charge in [-0.05, 0) is 0 Å². The molecule has 5 rings (SSSR count). The topological polar surface area (TPSA) is 107 Å². The number of carbonyl (C=O) groups is 3. The van der Waals surface area contributed by atoms with Crippen LogP contribution in [0.3, 0.4) is 0 Å². The molecule has 0 N–H and O–H groups in total. The van der Waals surface area contributed by atoms with Gasteiger partial charge in [-0.2, -0.15) is 0 Å². The van der Waals surface area contributed by atoms with Crippen LogP contribution in [-0.2, 0) is 20.9 Å². The number of ether oxygens (including phenoxy) is 1. The molecule has 4 aromatic carbocycles. The predicted octanol–water partition coefficient (Wildman–Crippen LogP) is 5.69. The van der Waals surface area contributed by atoms with Crippen molar-refractivity contribution in [2.45, 2.75) is 38.8 Å². The fraction of sp³-hybridized carbons (Fsp3) is 0.206. The third kappa shape index (κ3) is 4.92. The summed E-state index contributed by atoms with van der Waals surface area (Å²) in [6.07, 6.45) is 0.305. The Morgan fingerprint density at radius 2 is 1.30 bits per heavy atom. The summed E-state index contributed by atoms with van der Waals surface area (Å²) in [5.74, 6) is -0.217. The summed E-state index contributed by atoms with van der Waals surface area (Å²) < 4.78 is 6.21. The molecule has 8 nitrogen and oxygen atoms in total. The fourth-order valence-corrected chi connectivity index (χ4v) is 12.4. The third-order valence-electron chi connectivity index (χ3n) is 8.46. The van der Waals surface area contributed by atoms with E-state index in [1.165, 1.54) is 13.0 Å². The molecule has 220 valence electrons. The molecule has 1 aliphatic rings. The summed E-state index contributed by atoms with van der Waals surface area (Å²) >= 11 is 0. The van der Waals surface area contributed by atoms with Gasteiger partial charge in [0.25, 0.3) is 0 Å². The number of hydrogen-bond donors (Lipinski definition) is 0. The number of nitrogens with zero attached hydrogens (tertiary/aromatic N) is 2. The van der Waals surface area contributed by atoms with E-state index in [2.05, 4.69) is 0 Å². The standard InChI is InChI=1S/C34H33N2O6P/c1-26(37)22-34(2)23-32(38)35(34)25-43(28-15-6-3-7-16-28,29-17-8-4-9-18-29,30-19-10-5-11-20-30)33(39)42-24-27-14-12-13-21-31(27)36(40)41/h3-21H,22-25H2,1-2H3. The van der Waals surface area contributed by atoms with Gasteiger partial charge in [-0.15, -0.1) is 0 Å². The van der Waals surface area contributed by atoms with Crippen molar-refractivity contribution in [3.63, 3.8) is 0 Å². The van der Waals surface area contributed by atoms with Gasteiger partial charge >= 0.3 is 251 Å². The van der Waals surface area contributed by atoms with Crippen LogP contribution in [0.5, 0.6) is 0 Å². The van der Waals surface area contributed by atoms with Crippen molar-refractivity contribution in [3.8, 4) is 0 Å². The Morgan fingerprint density at radius 1 is 0.837 bits per heavy atom. The third-order valence-corrected chi connectivity index (χ3v) is 14.6. The van der Waals surface area contributed by atoms with Crippen LogP contribution in [0.25, 0.3) is 0 Å². The quantitative estimate of drug-likeness (QED) is 0.0954. The normalized spacial score (nSPS) is 17.3. The van der Waals surface area contributed by atoms with Crippen LogP contribution in [0.4, 0.5) is 10.5 Å². The van der Waals surface area contributed by atoms with Gasteiger partial charge < -0.3 is 0 Å². The van der Waals surface area contributed by atoms with Crippen LogP contribution in [-0.4, -0.2) is 39.0 Å². The predicted molar refractivity (Wildman–Crippen MR) is 168 cm³/mol. The Bertz CT molecular complexity index is 1580. The van der Waals surface area contributed by atoms with E-state index in [4.69, 9.17) is 4.74 Å². The SMILES string of the molecule is CC(=O)CC1(C)CC(=O)N1CP(C(=O)OCc1ccccc1[N+](=O)[O-])(c1ccccc1)(c1ccccc1)c1ccccc1. The van der Waals surface area contributed by atoms with E-state index in [0.29, 0.717) is 15.9 Å². The monoisotopic (exact) mass is 596 g/mol. The molecule has 1 unspecified atom stereocenters. The van der Waals surface area contributed by atoms with Gasteiger partial charge in [0, 0.05) is 0 Å². The van der Waals surface area contributed by atoms with E-state index in [0.717, 1.165) is 0 Å². The zero-order valence-electron chi connectivity index (χ0n) is 24.1. The molecule has 1 fully saturated rings. The molecule has 1 amide bonds. The molecular weight excluding hydrogens is 563 g/mol. The second kappa shape index (κ2) is 11.5. The number of likely N-dealkylation sites (tertiary alicyclic amines) is 1. The first-order valence-electron chi connectivity index (χ1n) is 14.0. The maximum atomic E-state index is 15.3. The average molecular weight is 597 g/mol. The van der Waals surface area contributed by atoms with Crippen molar-refractivity contribution in [1.29, 1.82) is 0 Å². The number of amides is 1. The summed E-state index contributed by atoms with van der Waals surface area (Å²) in [7, 11) is 0. The molecule has 0 radical (unpaired) electrons. The summed E-state index contributed by atoms with van der Waals surface area (Å²) in [4.78, 5) is 54.1. The van der Waals surface area contributed by atoms with Crippen molar-refractivity contribution in [2.75, 3.05) is 6.29 Å². The molecule has 0 bridgehead atoms. The van der Waals surface area contributed by atoms with Gasteiger partial charge in [0.2, 0.25) is 0 Å². The van der Waals surface area contributed by atoms with E-state index in [-0.39, 0.29) is 48.7 Å². The number of nitro benzene ring substituents is 1. The van der Waals surface area contributed by atoms with Crippen molar-refractivity contribution < 1.29 is 24.0 Å². The zero-order valence-corrected chi connectivity index (χ0v) is 25.0. The van der Waals surface area contributed by atoms with Crippen LogP contribution >= 0.6 is 6.60 Å². The summed E-state index contributed by atoms with van der Waals surface area (Å²) in [6, 6.07) is 34.2. The molecule has 0 spiro atoms. The van der Waals surface area contributed by atoms with Crippen molar-refractivity contribution in [1.82, 2.24) is 4.90 Å². The molecule has 1 heterocycles. The number of ketones is 1. The van der Waals surface area contributed by atoms with Gasteiger partial charge in [-0.25, -0.2) is 0 Å². The summed E-state index contributed by atoms with van der Waals surface area (Å²) in [5, 5.41) is 13.8. The molecule has 1 saturated heterocycles. The molecule has 43 heavy (non-hydrogen) atoms. The number of carbonyl (C=O) groups excluding carboxylic acids is 3. The molecule has 0 aromatic heterocycles. The van der Waals surface area contributed by atoms with Gasteiger partial charge in [0.15, 0.2) is 0 Å². The Hall–Kier alpha value is -4.68. The second-order valence-electron chi connectivity index (χ2n) is 11.3. The first-order chi connectivity index (χ1) is 20.6. The van der Waals surface area contributed by atoms with E-state index < -0.39 is 22.8 Å². The number of hydrogen-bond acceptors (Lipinski definition) is 6. The molecule has 0 saturated carbocycles. The van der Waals surface area contributed by atoms with Crippen LogP contribution in [0, 0.1) is 10.1 Å². The first-order valence-corrected chi connectivity index (χ1v) is 16.4. The summed E-state index contributed by atoms with van der Waals surface area (Å²) in [5.41, 5.74) is -1.25. The average Bonchev–Trinajstić information content (AvgIpc) is 3.02. The number of Topliss-reactive ketones (excluding diaryl/α,β-unsaturated/α-hetero) is 1. The van der Waals surface area contributed by atoms with Crippen LogP contribution in [0.15, 0.2) is 115 Å². The van der Waals surface area contributed by atoms with E-state index in [1.54, 1.807) is 23.1 Å². The van der Waals surface area contributed by atoms with Crippen molar-refractivity contribution in [2.24, 2.45) is 0 Å². The maximum absolute atomic E-state index is 15.3. The van der Waals surface area contributed by atoms with E-state index in [1.807, 2.05) is 97.9 Å². The Kier molecular flexibility index (Phi) is 8.00. The van der Waals surface area contributed by atoms with Crippen LogP contribution in [0.2, 0.25) is 0 Å². The Balaban J connectivity index is 1.82. The fourth-order valence-electron chi connectivity index (χ4n) is 6.38. The van der Waals surface area contributed by atoms with Gasteiger partial charge in [0.1, 0.15) is 0 Å². The van der Waals surface area contributed by atoms with Crippen molar-refractivity contribution >= 4 is 45.6 Å². The number of rotatable bonds is 11. The zero-order chi connectivity index (χ0) is 30.7. The minimum atomic E-state index is -4.47. The van der Waals surface area contributed by atoms with Gasteiger partial charge in [-0.3, -0.25) is 0 Å². The second-order valence-corrected chi connectivity index (χ2v) is 16.1. The van der Waals surface area contributed by atoms with E-state index in [9.17, 15) is 19.7 Å². The molecule has 9 heteroatoms. The van der Waals surface area contributed by atoms with Crippen molar-refractivity contribution in [3.05, 3.63) is 131 Å². The molecular formula is C34H33N2O6P. The molecule has 0 aliphatic carbocycles. The molecule has 1 atom stereocenters. The minimum absolute atomic E-state index is 0.0258. The van der Waals surface area contributed by atoms with Crippen LogP contribution < -0.4 is 15.9 Å². The summed E-state index contributed by atoms with van der Waals surface area (Å²) in [6.45, 7) is -1.43. The first kappa shape index (κ1) is 29.8. The van der Waals surface area contributed by atoms with Gasteiger partial charge in [0.05, 0.1) is 0 Å². The number of para-hydroxylation sites is 1. The molecule has 4 aromatic rings. The van der Waals surface area contributed by atoms with E-state index >= 15 is 4.79 Å². The Labute approximate surface area is 250 Å². The van der Waals surface area contributed by atoms with Crippen LogP contribution in [0.1, 0.15) is 32.3 Å². The van der Waals surface area contributed by atoms with Gasteiger partial charge in [-0.1, -0.05) is 0 Å².